The Morgan fingerprint density at radius 1 is 1.38 bits per heavy atom. The van der Waals surface area contributed by atoms with E-state index < -0.39 is 12.0 Å². The number of hydrogen-bond donors (Lipinski definition) is 1. The molecule has 0 spiro atoms. The van der Waals surface area contributed by atoms with E-state index in [0.29, 0.717) is 32.8 Å². The Morgan fingerprint density at radius 2 is 2.17 bits per heavy atom. The van der Waals surface area contributed by atoms with Crippen molar-refractivity contribution in [3.05, 3.63) is 45.1 Å². The maximum atomic E-state index is 12.4. The van der Waals surface area contributed by atoms with Crippen molar-refractivity contribution in [3.8, 4) is 0 Å². The van der Waals surface area contributed by atoms with Crippen LogP contribution in [0.5, 0.6) is 0 Å². The summed E-state index contributed by atoms with van der Waals surface area (Å²) >= 11 is 12.3. The lowest BCUT2D eigenvalue weighted by Crippen LogP contribution is -2.31. The second-order valence-electron chi connectivity index (χ2n) is 4.96. The van der Waals surface area contributed by atoms with Gasteiger partial charge in [0, 0.05) is 22.7 Å². The summed E-state index contributed by atoms with van der Waals surface area (Å²) in [4.78, 5) is 12.4. The van der Waals surface area contributed by atoms with E-state index in [1.807, 2.05) is 0 Å². The van der Waals surface area contributed by atoms with Crippen molar-refractivity contribution < 1.29 is 14.3 Å². The third-order valence-corrected chi connectivity index (χ3v) is 4.11. The normalized spacial score (nSPS) is 16.6. The molecule has 10 heteroatoms. The zero-order chi connectivity index (χ0) is 17.3. The van der Waals surface area contributed by atoms with Gasteiger partial charge in [0.25, 0.3) is 0 Å². The van der Waals surface area contributed by atoms with E-state index in [2.05, 4.69) is 20.8 Å². The van der Waals surface area contributed by atoms with Gasteiger partial charge >= 0.3 is 5.97 Å². The molecule has 1 unspecified atom stereocenters. The fraction of sp³-hybridized carbons (Fsp3) is 0.286. The zero-order valence-electron chi connectivity index (χ0n) is 12.8. The third kappa shape index (κ3) is 2.83. The van der Waals surface area contributed by atoms with Gasteiger partial charge in [0.15, 0.2) is 0 Å². The van der Waals surface area contributed by atoms with Crippen LogP contribution in [0.1, 0.15) is 11.6 Å². The van der Waals surface area contributed by atoms with Crippen LogP contribution in [-0.2, 0) is 14.3 Å². The molecule has 0 amide bonds. The van der Waals surface area contributed by atoms with Crippen molar-refractivity contribution in [2.24, 2.45) is 0 Å². The molecule has 1 atom stereocenters. The van der Waals surface area contributed by atoms with Gasteiger partial charge in [-0.3, -0.25) is 0 Å². The number of ether oxygens (including phenoxy) is 2. The molecule has 0 aliphatic carbocycles. The monoisotopic (exact) mass is 369 g/mol. The third-order valence-electron chi connectivity index (χ3n) is 3.55. The molecule has 1 aliphatic heterocycles. The summed E-state index contributed by atoms with van der Waals surface area (Å²) in [5.41, 5.74) is 1.43. The van der Waals surface area contributed by atoms with Crippen LogP contribution in [0.15, 0.2) is 29.5 Å². The molecule has 0 saturated heterocycles. The first-order valence-electron chi connectivity index (χ1n) is 6.87. The summed E-state index contributed by atoms with van der Waals surface area (Å²) in [6.07, 6.45) is 0. The number of anilines is 1. The maximum absolute atomic E-state index is 12.4. The van der Waals surface area contributed by atoms with Gasteiger partial charge in [-0.25, -0.2) is 4.79 Å². The van der Waals surface area contributed by atoms with Gasteiger partial charge < -0.3 is 14.8 Å². The van der Waals surface area contributed by atoms with Crippen molar-refractivity contribution in [2.45, 2.75) is 6.04 Å². The number of carbonyl (C=O) groups is 1. The molecule has 126 valence electrons. The highest BCUT2D eigenvalue weighted by molar-refractivity contribution is 6.35. The lowest BCUT2D eigenvalue weighted by atomic mass is 9.95. The van der Waals surface area contributed by atoms with Crippen LogP contribution in [-0.4, -0.2) is 47.0 Å². The first kappa shape index (κ1) is 16.7. The van der Waals surface area contributed by atoms with Crippen molar-refractivity contribution in [2.75, 3.05) is 26.1 Å². The number of nitrogens with zero attached hydrogens (tertiary/aromatic N) is 4. The van der Waals surface area contributed by atoms with Crippen molar-refractivity contribution in [1.29, 1.82) is 0 Å². The largest absolute Gasteiger partial charge is 0.466 e. The highest BCUT2D eigenvalue weighted by Crippen LogP contribution is 2.38. The zero-order valence-corrected chi connectivity index (χ0v) is 14.3. The molecular weight excluding hydrogens is 357 g/mol. The summed E-state index contributed by atoms with van der Waals surface area (Å²) in [6.45, 7) is 0.152. The number of esters is 1. The number of aromatic nitrogens is 4. The minimum Gasteiger partial charge on any atom is -0.466 e. The number of nitrogens with one attached hydrogen (secondary N) is 1. The second kappa shape index (κ2) is 6.76. The Hall–Kier alpha value is -2.16. The summed E-state index contributed by atoms with van der Waals surface area (Å²) in [5, 5.41) is 15.4. The van der Waals surface area contributed by atoms with Gasteiger partial charge in [-0.1, -0.05) is 34.4 Å². The van der Waals surface area contributed by atoms with E-state index in [0.717, 1.165) is 0 Å². The Balaban J connectivity index is 2.23. The highest BCUT2D eigenvalue weighted by Gasteiger charge is 2.37. The van der Waals surface area contributed by atoms with Gasteiger partial charge in [-0.2, -0.15) is 4.68 Å². The van der Waals surface area contributed by atoms with E-state index >= 15 is 0 Å². The highest BCUT2D eigenvalue weighted by atomic mass is 35.5. The Morgan fingerprint density at radius 3 is 2.83 bits per heavy atom. The number of carbonyl (C=O) groups excluding carboxylic acids is 1. The predicted molar refractivity (Wildman–Crippen MR) is 87.0 cm³/mol. The van der Waals surface area contributed by atoms with Crippen LogP contribution in [0.4, 0.5) is 5.95 Å². The molecule has 1 aliphatic rings. The first-order valence-corrected chi connectivity index (χ1v) is 7.62. The topological polar surface area (TPSA) is 91.2 Å². The lowest BCUT2D eigenvalue weighted by Gasteiger charge is -2.28. The molecule has 24 heavy (non-hydrogen) atoms. The molecule has 2 aromatic rings. The van der Waals surface area contributed by atoms with E-state index in [1.165, 1.54) is 18.9 Å². The Kier molecular flexibility index (Phi) is 4.70. The maximum Gasteiger partial charge on any atom is 0.338 e. The van der Waals surface area contributed by atoms with Crippen LogP contribution in [0.3, 0.4) is 0 Å². The molecule has 0 bridgehead atoms. The molecule has 0 fully saturated rings. The van der Waals surface area contributed by atoms with Gasteiger partial charge in [-0.05, 0) is 22.6 Å². The van der Waals surface area contributed by atoms with Gasteiger partial charge in [0.2, 0.25) is 5.95 Å². The molecule has 8 nitrogen and oxygen atoms in total. The minimum atomic E-state index is -0.668. The first-order chi connectivity index (χ1) is 11.6. The van der Waals surface area contributed by atoms with Crippen LogP contribution < -0.4 is 5.32 Å². The molecule has 1 N–H and O–H groups in total. The average molecular weight is 370 g/mol. The van der Waals surface area contributed by atoms with E-state index in [9.17, 15) is 4.79 Å². The minimum absolute atomic E-state index is 0.152. The molecule has 3 rings (SSSR count). The second-order valence-corrected chi connectivity index (χ2v) is 5.80. The van der Waals surface area contributed by atoms with E-state index in [1.54, 1.807) is 18.2 Å². The smallest absolute Gasteiger partial charge is 0.338 e. The number of halogens is 2. The number of rotatable bonds is 4. The summed E-state index contributed by atoms with van der Waals surface area (Å²) in [7, 11) is 2.82. The molecular formula is C14H13Cl2N5O3. The Bertz CT molecular complexity index is 820. The van der Waals surface area contributed by atoms with Crippen LogP contribution in [0, 0.1) is 0 Å². The average Bonchev–Trinajstić information content (AvgIpc) is 3.02. The summed E-state index contributed by atoms with van der Waals surface area (Å²) in [5.74, 6) is -0.169. The number of hydrogen-bond acceptors (Lipinski definition) is 7. The molecule has 0 radical (unpaired) electrons. The molecule has 0 saturated carbocycles. The van der Waals surface area contributed by atoms with Crippen LogP contribution >= 0.6 is 23.2 Å². The number of tetrazole rings is 1. The van der Waals surface area contributed by atoms with Gasteiger partial charge in [-0.15, -0.1) is 0 Å². The van der Waals surface area contributed by atoms with E-state index in [-0.39, 0.29) is 6.61 Å². The lowest BCUT2D eigenvalue weighted by molar-refractivity contribution is -0.136. The van der Waals surface area contributed by atoms with Crippen LogP contribution in [0.2, 0.25) is 10.0 Å². The summed E-state index contributed by atoms with van der Waals surface area (Å²) in [6, 6.07) is 4.33. The van der Waals surface area contributed by atoms with Gasteiger partial charge in [0.1, 0.15) is 6.04 Å². The SMILES string of the molecule is COCC1=C(C(=O)OC)C(c2ccc(Cl)cc2Cl)n2nnnc2N1. The van der Waals surface area contributed by atoms with Crippen molar-refractivity contribution in [3.63, 3.8) is 0 Å². The summed E-state index contributed by atoms with van der Waals surface area (Å²) < 4.78 is 11.6. The standard InChI is InChI=1S/C14H13Cl2N5O3/c1-23-6-10-11(13(22)24-2)12(21-14(17-10)18-19-20-21)8-4-3-7(15)5-9(8)16/h3-5,12H,6H2,1-2H3,(H,17,18,20). The fourth-order valence-corrected chi connectivity index (χ4v) is 3.06. The van der Waals surface area contributed by atoms with Crippen molar-refractivity contribution >= 4 is 35.1 Å². The Labute approximate surface area is 147 Å². The molecule has 1 aromatic carbocycles. The van der Waals surface area contributed by atoms with Crippen LogP contribution in [0.25, 0.3) is 0 Å². The fourth-order valence-electron chi connectivity index (χ4n) is 2.55. The molecule has 2 heterocycles. The quantitative estimate of drug-likeness (QED) is 0.824. The van der Waals surface area contributed by atoms with Crippen molar-refractivity contribution in [1.82, 2.24) is 20.2 Å². The van der Waals surface area contributed by atoms with Gasteiger partial charge in [0.05, 0.1) is 25.0 Å². The predicted octanol–water partition coefficient (Wildman–Crippen LogP) is 2.07. The number of benzene rings is 1. The number of fused-ring (bicyclic) bond motifs is 1. The van der Waals surface area contributed by atoms with E-state index in [4.69, 9.17) is 32.7 Å². The number of methoxy groups -OCH3 is 2. The molecule has 1 aromatic heterocycles.